The first kappa shape index (κ1) is 20.4. The highest BCUT2D eigenvalue weighted by Gasteiger charge is 2.14. The molecule has 5 aromatic rings. The molecule has 0 aliphatic heterocycles. The topological polar surface area (TPSA) is 92.7 Å². The van der Waals surface area contributed by atoms with Crippen LogP contribution in [-0.4, -0.2) is 25.7 Å². The number of benzene rings is 2. The average molecular weight is 435 g/mol. The predicted octanol–water partition coefficient (Wildman–Crippen LogP) is 4.67. The van der Waals surface area contributed by atoms with Gasteiger partial charge in [0.1, 0.15) is 0 Å². The van der Waals surface area contributed by atoms with Crippen molar-refractivity contribution in [2.24, 2.45) is 0 Å². The van der Waals surface area contributed by atoms with Crippen LogP contribution < -0.4 is 10.9 Å². The van der Waals surface area contributed by atoms with E-state index in [1.807, 2.05) is 44.2 Å². The van der Waals surface area contributed by atoms with E-state index in [1.54, 1.807) is 29.1 Å². The summed E-state index contributed by atoms with van der Waals surface area (Å²) in [5, 5.41) is 11.6. The molecule has 2 N–H and O–H groups in total. The lowest BCUT2D eigenvalue weighted by atomic mass is 10.0. The number of amides is 1. The van der Waals surface area contributed by atoms with E-state index in [0.29, 0.717) is 11.4 Å². The number of anilines is 1. The maximum absolute atomic E-state index is 13.1. The van der Waals surface area contributed by atoms with Crippen molar-refractivity contribution in [3.8, 4) is 16.8 Å². The molecule has 3 aromatic heterocycles. The van der Waals surface area contributed by atoms with Crippen molar-refractivity contribution in [3.63, 3.8) is 0 Å². The fraction of sp³-hybridized carbons (Fsp3) is 0.0769. The van der Waals surface area contributed by atoms with Gasteiger partial charge in [-0.25, -0.2) is 0 Å². The zero-order chi connectivity index (χ0) is 23.1. The number of fused-ring (bicyclic) bond motifs is 3. The van der Waals surface area contributed by atoms with Crippen LogP contribution in [0.5, 0.6) is 0 Å². The quantitative estimate of drug-likeness (QED) is 0.317. The van der Waals surface area contributed by atoms with Gasteiger partial charge in [-0.05, 0) is 61.4 Å². The van der Waals surface area contributed by atoms with E-state index in [1.165, 1.54) is 12.1 Å². The molecule has 3 heterocycles. The number of hydrogen-bond donors (Lipinski definition) is 2. The Labute approximate surface area is 189 Å². The first-order chi connectivity index (χ1) is 16.0. The lowest BCUT2D eigenvalue weighted by molar-refractivity contribution is -0.111. The second-order valence-electron chi connectivity index (χ2n) is 7.90. The van der Waals surface area contributed by atoms with Crippen molar-refractivity contribution in [1.29, 1.82) is 0 Å². The predicted molar refractivity (Wildman–Crippen MR) is 131 cm³/mol. The van der Waals surface area contributed by atoms with E-state index < -0.39 is 0 Å². The molecule has 162 valence electrons. The molecule has 0 bridgehead atoms. The lowest BCUT2D eigenvalue weighted by Gasteiger charge is -2.15. The third-order valence-corrected chi connectivity index (χ3v) is 5.78. The van der Waals surface area contributed by atoms with Crippen LogP contribution >= 0.6 is 0 Å². The smallest absolute Gasteiger partial charge is 0.255 e. The lowest BCUT2D eigenvalue weighted by Crippen LogP contribution is -2.18. The highest BCUT2D eigenvalue weighted by molar-refractivity contribution is 6.05. The van der Waals surface area contributed by atoms with Gasteiger partial charge in [0.15, 0.2) is 0 Å². The number of rotatable bonds is 4. The summed E-state index contributed by atoms with van der Waals surface area (Å²) in [6.07, 6.45) is 4.77. The summed E-state index contributed by atoms with van der Waals surface area (Å²) in [4.78, 5) is 29.6. The molecule has 0 atom stereocenters. The highest BCUT2D eigenvalue weighted by Crippen LogP contribution is 2.31. The Morgan fingerprint density at radius 3 is 2.70 bits per heavy atom. The van der Waals surface area contributed by atoms with E-state index >= 15 is 0 Å². The Morgan fingerprint density at radius 2 is 1.94 bits per heavy atom. The van der Waals surface area contributed by atoms with Crippen molar-refractivity contribution >= 4 is 33.4 Å². The molecular weight excluding hydrogens is 414 g/mol. The van der Waals surface area contributed by atoms with E-state index in [0.717, 1.165) is 44.2 Å². The SMILES string of the molecule is C=CC(=O)Nc1cc(-n2c(=O)ccc3cnc4ccc(-c5cn[nH]c5C)cc4c32)ccc1C. The summed E-state index contributed by atoms with van der Waals surface area (Å²) in [7, 11) is 0. The second kappa shape index (κ2) is 7.87. The number of carbonyl (C=O) groups is 1. The van der Waals surface area contributed by atoms with Crippen molar-refractivity contribution in [2.75, 3.05) is 5.32 Å². The number of aromatic nitrogens is 4. The van der Waals surface area contributed by atoms with Gasteiger partial charge >= 0.3 is 0 Å². The average Bonchev–Trinajstić information content (AvgIpc) is 3.25. The first-order valence-corrected chi connectivity index (χ1v) is 10.5. The Balaban J connectivity index is 1.82. The Hall–Kier alpha value is -4.52. The number of pyridine rings is 2. The monoisotopic (exact) mass is 435 g/mol. The minimum absolute atomic E-state index is 0.176. The van der Waals surface area contributed by atoms with Crippen LogP contribution in [0, 0.1) is 13.8 Å². The fourth-order valence-corrected chi connectivity index (χ4v) is 4.04. The molecule has 0 saturated heterocycles. The number of aryl methyl sites for hydroxylation is 2. The summed E-state index contributed by atoms with van der Waals surface area (Å²) in [6, 6.07) is 14.8. The van der Waals surface area contributed by atoms with Gasteiger partial charge in [0.05, 0.1) is 22.9 Å². The molecule has 0 aliphatic carbocycles. The van der Waals surface area contributed by atoms with Crippen LogP contribution in [0.25, 0.3) is 38.6 Å². The number of H-pyrrole nitrogens is 1. The van der Waals surface area contributed by atoms with Crippen molar-refractivity contribution in [1.82, 2.24) is 19.7 Å². The summed E-state index contributed by atoms with van der Waals surface area (Å²) in [5.41, 5.74) is 6.43. The van der Waals surface area contributed by atoms with Gasteiger partial charge in [-0.2, -0.15) is 5.10 Å². The largest absolute Gasteiger partial charge is 0.322 e. The molecule has 0 spiro atoms. The van der Waals surface area contributed by atoms with Crippen LogP contribution in [0.3, 0.4) is 0 Å². The van der Waals surface area contributed by atoms with E-state index in [2.05, 4.69) is 27.1 Å². The highest BCUT2D eigenvalue weighted by atomic mass is 16.1. The zero-order valence-corrected chi connectivity index (χ0v) is 18.2. The number of aromatic amines is 1. The van der Waals surface area contributed by atoms with E-state index in [4.69, 9.17) is 0 Å². The number of hydrogen-bond acceptors (Lipinski definition) is 4. The third-order valence-electron chi connectivity index (χ3n) is 5.78. The summed E-state index contributed by atoms with van der Waals surface area (Å²) < 4.78 is 1.66. The second-order valence-corrected chi connectivity index (χ2v) is 7.90. The molecular formula is C26H21N5O2. The normalized spacial score (nSPS) is 11.1. The van der Waals surface area contributed by atoms with Gasteiger partial charge in [0.2, 0.25) is 5.91 Å². The molecule has 0 radical (unpaired) electrons. The molecule has 0 fully saturated rings. The standard InChI is InChI=1S/C26H21N5O2/c1-4-24(32)29-23-12-19(8-5-15(23)2)31-25(33)10-7-18-13-27-22-9-6-17(11-20(22)26(18)31)21-14-28-30-16(21)3/h4-14H,1H2,2-3H3,(H,28,30)(H,29,32). The van der Waals surface area contributed by atoms with Crippen molar-refractivity contribution in [3.05, 3.63) is 95.2 Å². The minimum Gasteiger partial charge on any atom is -0.322 e. The maximum atomic E-state index is 13.1. The van der Waals surface area contributed by atoms with Crippen LogP contribution in [0.2, 0.25) is 0 Å². The number of nitrogens with zero attached hydrogens (tertiary/aromatic N) is 3. The van der Waals surface area contributed by atoms with Crippen molar-refractivity contribution in [2.45, 2.75) is 13.8 Å². The molecule has 5 rings (SSSR count). The zero-order valence-electron chi connectivity index (χ0n) is 18.2. The minimum atomic E-state index is -0.310. The van der Waals surface area contributed by atoms with Gasteiger partial charge in [0, 0.05) is 40.0 Å². The number of nitrogens with one attached hydrogen (secondary N) is 2. The van der Waals surface area contributed by atoms with Gasteiger partial charge < -0.3 is 5.32 Å². The first-order valence-electron chi connectivity index (χ1n) is 10.5. The molecule has 0 unspecified atom stereocenters. The molecule has 33 heavy (non-hydrogen) atoms. The summed E-state index contributed by atoms with van der Waals surface area (Å²) in [6.45, 7) is 7.37. The van der Waals surface area contributed by atoms with Crippen LogP contribution in [0.1, 0.15) is 11.3 Å². The molecule has 7 heteroatoms. The third kappa shape index (κ3) is 3.49. The van der Waals surface area contributed by atoms with E-state index in [9.17, 15) is 9.59 Å². The number of carbonyl (C=O) groups excluding carboxylic acids is 1. The Morgan fingerprint density at radius 1 is 1.09 bits per heavy atom. The van der Waals surface area contributed by atoms with Gasteiger partial charge in [0.25, 0.3) is 5.56 Å². The Bertz CT molecular complexity index is 1630. The van der Waals surface area contributed by atoms with E-state index in [-0.39, 0.29) is 11.5 Å². The summed E-state index contributed by atoms with van der Waals surface area (Å²) in [5.74, 6) is -0.310. The van der Waals surface area contributed by atoms with Crippen molar-refractivity contribution < 1.29 is 4.79 Å². The van der Waals surface area contributed by atoms with Crippen LogP contribution in [0.4, 0.5) is 5.69 Å². The molecule has 0 aliphatic rings. The molecule has 1 amide bonds. The van der Waals surface area contributed by atoms with Crippen LogP contribution in [0.15, 0.2) is 78.4 Å². The van der Waals surface area contributed by atoms with Crippen LogP contribution in [-0.2, 0) is 4.79 Å². The molecule has 2 aromatic carbocycles. The molecule has 7 nitrogen and oxygen atoms in total. The summed E-state index contributed by atoms with van der Waals surface area (Å²) >= 11 is 0. The van der Waals surface area contributed by atoms with Gasteiger partial charge in [-0.3, -0.25) is 24.2 Å². The maximum Gasteiger partial charge on any atom is 0.255 e. The molecule has 0 saturated carbocycles. The fourth-order valence-electron chi connectivity index (χ4n) is 4.04. The van der Waals surface area contributed by atoms with Gasteiger partial charge in [-0.1, -0.05) is 18.7 Å². The Kier molecular flexibility index (Phi) is 4.86. The van der Waals surface area contributed by atoms with Gasteiger partial charge in [-0.15, -0.1) is 0 Å².